The maximum atomic E-state index is 11.8. The van der Waals surface area contributed by atoms with Crippen molar-refractivity contribution >= 4 is 23.3 Å². The molecule has 3 aromatic rings. The first-order chi connectivity index (χ1) is 14.1. The zero-order valence-electron chi connectivity index (χ0n) is 16.6. The van der Waals surface area contributed by atoms with Crippen LogP contribution in [-0.4, -0.2) is 35.1 Å². The van der Waals surface area contributed by atoms with Gasteiger partial charge in [-0.15, -0.1) is 0 Å². The van der Waals surface area contributed by atoms with Crippen LogP contribution in [0.25, 0.3) is 11.4 Å². The lowest BCUT2D eigenvalue weighted by Gasteiger charge is -2.14. The summed E-state index contributed by atoms with van der Waals surface area (Å²) in [6, 6.07) is 14.2. The van der Waals surface area contributed by atoms with Crippen LogP contribution in [0, 0.1) is 6.92 Å². The fraction of sp³-hybridized carbons (Fsp3) is 0.318. The third kappa shape index (κ3) is 4.46. The van der Waals surface area contributed by atoms with Crippen molar-refractivity contribution in [3.63, 3.8) is 0 Å². The number of carbonyl (C=O) groups is 1. The summed E-state index contributed by atoms with van der Waals surface area (Å²) in [6.07, 6.45) is 0.759. The van der Waals surface area contributed by atoms with Crippen LogP contribution in [0.4, 0.5) is 10.5 Å². The molecule has 0 saturated carbocycles. The molecule has 0 radical (unpaired) electrons. The smallest absolute Gasteiger partial charge is 0.321 e. The van der Waals surface area contributed by atoms with Gasteiger partial charge in [0.05, 0.1) is 6.61 Å². The molecule has 1 aliphatic rings. The van der Waals surface area contributed by atoms with E-state index < -0.39 is 0 Å². The predicted molar refractivity (Wildman–Crippen MR) is 115 cm³/mol. The van der Waals surface area contributed by atoms with E-state index in [0.29, 0.717) is 26.3 Å². The van der Waals surface area contributed by atoms with Gasteiger partial charge in [-0.25, -0.2) is 9.78 Å². The number of aromatic nitrogens is 2. The van der Waals surface area contributed by atoms with Crippen molar-refractivity contribution in [2.75, 3.05) is 24.6 Å². The van der Waals surface area contributed by atoms with Crippen molar-refractivity contribution in [3.8, 4) is 11.4 Å². The average Bonchev–Trinajstić information content (AvgIpc) is 3.38. The van der Waals surface area contributed by atoms with Gasteiger partial charge in [0.25, 0.3) is 0 Å². The number of anilines is 1. The summed E-state index contributed by atoms with van der Waals surface area (Å²) >= 11 is 1.43. The van der Waals surface area contributed by atoms with E-state index in [2.05, 4.69) is 34.8 Å². The van der Waals surface area contributed by atoms with Crippen molar-refractivity contribution < 1.29 is 9.53 Å². The maximum Gasteiger partial charge on any atom is 0.321 e. The number of carbonyl (C=O) groups excluding carboxylic acids is 1. The van der Waals surface area contributed by atoms with Gasteiger partial charge in [0, 0.05) is 37.4 Å². The van der Waals surface area contributed by atoms with E-state index in [0.717, 1.165) is 28.5 Å². The highest BCUT2D eigenvalue weighted by molar-refractivity contribution is 7.05. The monoisotopic (exact) mass is 408 g/mol. The Kier molecular flexibility index (Phi) is 5.87. The SMILES string of the molecule is CCOCc1ccc(C)c(Cc2nc(-c3ccc(N4CCNC4=O)cc3)ns2)c1. The highest BCUT2D eigenvalue weighted by atomic mass is 32.1. The van der Waals surface area contributed by atoms with Gasteiger partial charge < -0.3 is 10.1 Å². The van der Waals surface area contributed by atoms with E-state index in [9.17, 15) is 4.79 Å². The van der Waals surface area contributed by atoms with Crippen LogP contribution in [0.1, 0.15) is 28.6 Å². The largest absolute Gasteiger partial charge is 0.377 e. The number of hydrogen-bond acceptors (Lipinski definition) is 5. The van der Waals surface area contributed by atoms with E-state index >= 15 is 0 Å². The molecule has 0 atom stereocenters. The average molecular weight is 409 g/mol. The zero-order valence-corrected chi connectivity index (χ0v) is 17.5. The van der Waals surface area contributed by atoms with E-state index in [1.165, 1.54) is 28.2 Å². The Morgan fingerprint density at radius 2 is 2.03 bits per heavy atom. The van der Waals surface area contributed by atoms with Gasteiger partial charge in [-0.3, -0.25) is 4.90 Å². The Morgan fingerprint density at radius 3 is 2.76 bits per heavy atom. The first kappa shape index (κ1) is 19.5. The summed E-state index contributed by atoms with van der Waals surface area (Å²) in [5.41, 5.74) is 5.52. The van der Waals surface area contributed by atoms with Crippen molar-refractivity contribution in [3.05, 3.63) is 64.2 Å². The molecule has 29 heavy (non-hydrogen) atoms. The highest BCUT2D eigenvalue weighted by Gasteiger charge is 2.21. The third-order valence-corrected chi connectivity index (χ3v) is 5.70. The summed E-state index contributed by atoms with van der Waals surface area (Å²) < 4.78 is 10.1. The molecule has 1 fully saturated rings. The first-order valence-electron chi connectivity index (χ1n) is 9.78. The number of urea groups is 1. The van der Waals surface area contributed by atoms with Crippen LogP contribution >= 0.6 is 11.5 Å². The Balaban J connectivity index is 1.48. The lowest BCUT2D eigenvalue weighted by atomic mass is 10.0. The van der Waals surface area contributed by atoms with Gasteiger partial charge >= 0.3 is 6.03 Å². The Morgan fingerprint density at radius 1 is 1.21 bits per heavy atom. The fourth-order valence-electron chi connectivity index (χ4n) is 3.34. The second-order valence-electron chi connectivity index (χ2n) is 7.02. The van der Waals surface area contributed by atoms with Crippen LogP contribution in [0.3, 0.4) is 0 Å². The van der Waals surface area contributed by atoms with Crippen LogP contribution in [0.5, 0.6) is 0 Å². The highest BCUT2D eigenvalue weighted by Crippen LogP contribution is 2.25. The Labute approximate surface area is 174 Å². The Bertz CT molecular complexity index is 1000. The number of ether oxygens (including phenoxy) is 1. The molecule has 7 heteroatoms. The molecule has 2 aromatic carbocycles. The molecule has 0 aliphatic carbocycles. The number of benzene rings is 2. The quantitative estimate of drug-likeness (QED) is 0.637. The molecule has 6 nitrogen and oxygen atoms in total. The van der Waals surface area contributed by atoms with Crippen molar-refractivity contribution in [1.82, 2.24) is 14.7 Å². The number of nitrogens with zero attached hydrogens (tertiary/aromatic N) is 3. The van der Waals surface area contributed by atoms with Gasteiger partial charge in [-0.05, 0) is 66.3 Å². The van der Waals surface area contributed by atoms with E-state index in [-0.39, 0.29) is 6.03 Å². The minimum Gasteiger partial charge on any atom is -0.377 e. The minimum absolute atomic E-state index is 0.0474. The molecule has 150 valence electrons. The molecule has 1 aromatic heterocycles. The summed E-state index contributed by atoms with van der Waals surface area (Å²) in [7, 11) is 0. The molecular weight excluding hydrogens is 384 g/mol. The van der Waals surface area contributed by atoms with Crippen LogP contribution in [0.15, 0.2) is 42.5 Å². The van der Waals surface area contributed by atoms with Gasteiger partial charge in [-0.2, -0.15) is 4.37 Å². The van der Waals surface area contributed by atoms with Crippen molar-refractivity contribution in [2.45, 2.75) is 26.9 Å². The molecule has 1 aliphatic heterocycles. The molecule has 0 bridgehead atoms. The zero-order chi connectivity index (χ0) is 20.2. The molecule has 1 N–H and O–H groups in total. The summed E-state index contributed by atoms with van der Waals surface area (Å²) in [5.74, 6) is 0.727. The number of amides is 2. The maximum absolute atomic E-state index is 11.8. The van der Waals surface area contributed by atoms with Crippen molar-refractivity contribution in [1.29, 1.82) is 0 Å². The van der Waals surface area contributed by atoms with Gasteiger partial charge in [-0.1, -0.05) is 18.2 Å². The van der Waals surface area contributed by atoms with E-state index in [1.807, 2.05) is 31.2 Å². The second kappa shape index (κ2) is 8.71. The minimum atomic E-state index is -0.0474. The summed E-state index contributed by atoms with van der Waals surface area (Å²) in [4.78, 5) is 18.3. The lowest BCUT2D eigenvalue weighted by Crippen LogP contribution is -2.27. The predicted octanol–water partition coefficient (Wildman–Crippen LogP) is 4.17. The molecular formula is C22H24N4O2S. The number of rotatable bonds is 7. The topological polar surface area (TPSA) is 67.3 Å². The van der Waals surface area contributed by atoms with E-state index in [4.69, 9.17) is 9.72 Å². The van der Waals surface area contributed by atoms with Gasteiger partial charge in [0.1, 0.15) is 5.01 Å². The van der Waals surface area contributed by atoms with Crippen LogP contribution in [0.2, 0.25) is 0 Å². The number of aryl methyl sites for hydroxylation is 1. The fourth-order valence-corrected chi connectivity index (χ4v) is 4.03. The molecule has 0 unspecified atom stereocenters. The Hall–Kier alpha value is -2.77. The van der Waals surface area contributed by atoms with Gasteiger partial charge in [0.2, 0.25) is 0 Å². The summed E-state index contributed by atoms with van der Waals surface area (Å²) in [6.45, 7) is 6.84. The van der Waals surface area contributed by atoms with Crippen LogP contribution in [-0.2, 0) is 17.8 Å². The van der Waals surface area contributed by atoms with Crippen LogP contribution < -0.4 is 10.2 Å². The van der Waals surface area contributed by atoms with Crippen molar-refractivity contribution in [2.24, 2.45) is 0 Å². The molecule has 4 rings (SSSR count). The van der Waals surface area contributed by atoms with E-state index in [1.54, 1.807) is 4.90 Å². The molecule has 2 heterocycles. The third-order valence-electron chi connectivity index (χ3n) is 4.99. The first-order valence-corrected chi connectivity index (χ1v) is 10.6. The number of nitrogens with one attached hydrogen (secondary N) is 1. The number of hydrogen-bond donors (Lipinski definition) is 1. The standard InChI is InChI=1S/C22H24N4O2S/c1-3-28-14-16-5-4-15(2)18(12-16)13-20-24-21(25-29-20)17-6-8-19(9-7-17)26-11-10-23-22(26)27/h4-9,12H,3,10-11,13-14H2,1-2H3,(H,23,27). The second-order valence-corrected chi connectivity index (χ2v) is 7.85. The molecule has 0 spiro atoms. The lowest BCUT2D eigenvalue weighted by molar-refractivity contribution is 0.134. The van der Waals surface area contributed by atoms with Gasteiger partial charge in [0.15, 0.2) is 5.82 Å². The molecule has 2 amide bonds. The normalized spacial score (nSPS) is 13.7. The summed E-state index contributed by atoms with van der Waals surface area (Å²) in [5, 5.41) is 3.80. The molecule has 1 saturated heterocycles.